The smallest absolute Gasteiger partial charge is 0.254 e. The van der Waals surface area contributed by atoms with Gasteiger partial charge in [-0.2, -0.15) is 0 Å². The van der Waals surface area contributed by atoms with Crippen molar-refractivity contribution in [1.82, 2.24) is 14.7 Å². The van der Waals surface area contributed by atoms with Crippen LogP contribution in [0, 0.1) is 12.7 Å². The van der Waals surface area contributed by atoms with Gasteiger partial charge in [0, 0.05) is 43.8 Å². The second-order valence-corrected chi connectivity index (χ2v) is 8.72. The van der Waals surface area contributed by atoms with Crippen LogP contribution in [0.2, 0.25) is 0 Å². The van der Waals surface area contributed by atoms with Crippen LogP contribution in [-0.2, 0) is 4.79 Å². The van der Waals surface area contributed by atoms with Gasteiger partial charge in [0.1, 0.15) is 5.82 Å². The molecular weight excluding hydrogens is 369 g/mol. The molecule has 160 valence electrons. The van der Waals surface area contributed by atoms with Crippen molar-refractivity contribution < 1.29 is 14.0 Å². The molecule has 1 heterocycles. The average Bonchev–Trinajstić information content (AvgIpc) is 2.71. The Morgan fingerprint density at radius 1 is 1.10 bits per heavy atom. The Morgan fingerprint density at radius 3 is 2.34 bits per heavy atom. The van der Waals surface area contributed by atoms with Gasteiger partial charge in [-0.05, 0) is 51.3 Å². The number of hydrogen-bond donors (Lipinski definition) is 0. The molecule has 0 spiro atoms. The fraction of sp³-hybridized carbons (Fsp3) is 0.652. The molecule has 5 nitrogen and oxygen atoms in total. The lowest BCUT2D eigenvalue weighted by molar-refractivity contribution is -0.137. The van der Waals surface area contributed by atoms with Crippen LogP contribution in [0.15, 0.2) is 18.2 Å². The van der Waals surface area contributed by atoms with E-state index in [9.17, 15) is 14.0 Å². The minimum atomic E-state index is -0.350. The summed E-state index contributed by atoms with van der Waals surface area (Å²) in [5.41, 5.74) is 0.929. The van der Waals surface area contributed by atoms with E-state index in [1.54, 1.807) is 24.0 Å². The zero-order chi connectivity index (χ0) is 21.0. The van der Waals surface area contributed by atoms with Gasteiger partial charge in [-0.15, -0.1) is 0 Å². The molecule has 1 saturated carbocycles. The predicted octanol–water partition coefficient (Wildman–Crippen LogP) is 3.46. The number of nitrogens with zero attached hydrogens (tertiary/aromatic N) is 3. The second-order valence-electron chi connectivity index (χ2n) is 8.72. The number of carbonyl (C=O) groups is 2. The maximum Gasteiger partial charge on any atom is 0.254 e. The van der Waals surface area contributed by atoms with E-state index >= 15 is 0 Å². The number of halogens is 1. The first-order valence-corrected chi connectivity index (χ1v) is 11.0. The van der Waals surface area contributed by atoms with E-state index in [1.165, 1.54) is 25.3 Å². The summed E-state index contributed by atoms with van der Waals surface area (Å²) in [5.74, 6) is -0.287. The Balaban J connectivity index is 1.53. The van der Waals surface area contributed by atoms with Crippen LogP contribution in [0.25, 0.3) is 0 Å². The van der Waals surface area contributed by atoms with E-state index in [0.717, 1.165) is 12.8 Å². The van der Waals surface area contributed by atoms with Crippen molar-refractivity contribution in [3.8, 4) is 0 Å². The lowest BCUT2D eigenvalue weighted by Gasteiger charge is -2.40. The zero-order valence-corrected chi connectivity index (χ0v) is 18.0. The summed E-state index contributed by atoms with van der Waals surface area (Å²) in [4.78, 5) is 31.7. The molecule has 0 aromatic heterocycles. The summed E-state index contributed by atoms with van der Waals surface area (Å²) in [6.07, 6.45) is 5.92. The van der Waals surface area contributed by atoms with Crippen LogP contribution < -0.4 is 0 Å². The summed E-state index contributed by atoms with van der Waals surface area (Å²) in [6, 6.07) is 5.23. The molecule has 0 atom stereocenters. The highest BCUT2D eigenvalue weighted by Crippen LogP contribution is 2.24. The Kier molecular flexibility index (Phi) is 7.28. The number of amides is 2. The molecule has 0 unspecified atom stereocenters. The molecule has 3 rings (SSSR count). The number of carbonyl (C=O) groups excluding carboxylic acids is 2. The number of aryl methyl sites for hydroxylation is 1. The SMILES string of the molecule is Cc1ccc(C(=O)N2CCN(CC(=O)N(C(C)C)C3CCCCC3)CC2)cc1F. The molecular formula is C23H34FN3O2. The number of piperazine rings is 1. The van der Waals surface area contributed by atoms with Crippen molar-refractivity contribution in [2.45, 2.75) is 65.0 Å². The minimum Gasteiger partial charge on any atom is -0.336 e. The van der Waals surface area contributed by atoms with Gasteiger partial charge in [-0.3, -0.25) is 14.5 Å². The first-order valence-electron chi connectivity index (χ1n) is 11.0. The van der Waals surface area contributed by atoms with Crippen molar-refractivity contribution in [2.24, 2.45) is 0 Å². The van der Waals surface area contributed by atoms with Crippen LogP contribution in [0.4, 0.5) is 4.39 Å². The van der Waals surface area contributed by atoms with E-state index in [4.69, 9.17) is 0 Å². The monoisotopic (exact) mass is 403 g/mol. The highest BCUT2D eigenvalue weighted by atomic mass is 19.1. The normalized spacial score (nSPS) is 18.9. The van der Waals surface area contributed by atoms with Gasteiger partial charge in [0.2, 0.25) is 5.91 Å². The molecule has 0 radical (unpaired) electrons. The van der Waals surface area contributed by atoms with E-state index in [-0.39, 0.29) is 23.7 Å². The summed E-state index contributed by atoms with van der Waals surface area (Å²) >= 11 is 0. The van der Waals surface area contributed by atoms with Gasteiger partial charge < -0.3 is 9.80 Å². The third-order valence-corrected chi connectivity index (χ3v) is 6.25. The van der Waals surface area contributed by atoms with Crippen LogP contribution in [0.1, 0.15) is 61.9 Å². The molecule has 2 aliphatic rings. The lowest BCUT2D eigenvalue weighted by Crippen LogP contribution is -2.54. The van der Waals surface area contributed by atoms with E-state index in [0.29, 0.717) is 49.9 Å². The van der Waals surface area contributed by atoms with Gasteiger partial charge in [0.25, 0.3) is 5.91 Å². The summed E-state index contributed by atoms with van der Waals surface area (Å²) in [7, 11) is 0. The van der Waals surface area contributed by atoms with Gasteiger partial charge in [-0.1, -0.05) is 25.3 Å². The Hall–Kier alpha value is -1.95. The lowest BCUT2D eigenvalue weighted by atomic mass is 9.93. The Morgan fingerprint density at radius 2 is 1.76 bits per heavy atom. The first kappa shape index (κ1) is 21.8. The fourth-order valence-electron chi connectivity index (χ4n) is 4.56. The number of hydrogen-bond acceptors (Lipinski definition) is 3. The van der Waals surface area contributed by atoms with Gasteiger partial charge >= 0.3 is 0 Å². The van der Waals surface area contributed by atoms with Crippen molar-refractivity contribution in [1.29, 1.82) is 0 Å². The third-order valence-electron chi connectivity index (χ3n) is 6.25. The average molecular weight is 404 g/mol. The Labute approximate surface area is 173 Å². The topological polar surface area (TPSA) is 43.9 Å². The van der Waals surface area contributed by atoms with Crippen LogP contribution in [0.3, 0.4) is 0 Å². The number of rotatable bonds is 5. The van der Waals surface area contributed by atoms with E-state index in [1.807, 2.05) is 0 Å². The molecule has 2 fully saturated rings. The van der Waals surface area contributed by atoms with Crippen molar-refractivity contribution in [2.75, 3.05) is 32.7 Å². The quantitative estimate of drug-likeness (QED) is 0.756. The number of benzene rings is 1. The molecule has 1 aliphatic carbocycles. The van der Waals surface area contributed by atoms with E-state index < -0.39 is 0 Å². The molecule has 1 aromatic carbocycles. The summed E-state index contributed by atoms with van der Waals surface area (Å²) in [5, 5.41) is 0. The molecule has 0 N–H and O–H groups in total. The molecule has 1 aromatic rings. The van der Waals surface area contributed by atoms with Crippen molar-refractivity contribution in [3.05, 3.63) is 35.1 Å². The highest BCUT2D eigenvalue weighted by Gasteiger charge is 2.30. The minimum absolute atomic E-state index is 0.138. The zero-order valence-electron chi connectivity index (χ0n) is 18.0. The molecule has 1 saturated heterocycles. The molecule has 29 heavy (non-hydrogen) atoms. The standard InChI is InChI=1S/C23H34FN3O2/c1-17(2)27(20-7-5-4-6-8-20)22(28)16-25-11-13-26(14-12-25)23(29)19-10-9-18(3)21(24)15-19/h9-10,15,17,20H,4-8,11-14,16H2,1-3H3. The third kappa shape index (κ3) is 5.35. The molecule has 6 heteroatoms. The van der Waals surface area contributed by atoms with Crippen LogP contribution >= 0.6 is 0 Å². The molecule has 0 bridgehead atoms. The highest BCUT2D eigenvalue weighted by molar-refractivity contribution is 5.94. The maximum absolute atomic E-state index is 13.8. The maximum atomic E-state index is 13.8. The van der Waals surface area contributed by atoms with Gasteiger partial charge in [0.15, 0.2) is 0 Å². The second kappa shape index (κ2) is 9.70. The summed E-state index contributed by atoms with van der Waals surface area (Å²) < 4.78 is 13.8. The van der Waals surface area contributed by atoms with Gasteiger partial charge in [0.05, 0.1) is 6.54 Å². The summed E-state index contributed by atoms with van der Waals surface area (Å²) in [6.45, 7) is 8.76. The first-order chi connectivity index (χ1) is 13.9. The largest absolute Gasteiger partial charge is 0.336 e. The molecule has 2 amide bonds. The van der Waals surface area contributed by atoms with Crippen molar-refractivity contribution in [3.63, 3.8) is 0 Å². The van der Waals surface area contributed by atoms with Gasteiger partial charge in [-0.25, -0.2) is 4.39 Å². The van der Waals surface area contributed by atoms with Crippen LogP contribution in [-0.4, -0.2) is 71.3 Å². The predicted molar refractivity (Wildman–Crippen MR) is 112 cm³/mol. The van der Waals surface area contributed by atoms with Crippen molar-refractivity contribution >= 4 is 11.8 Å². The van der Waals surface area contributed by atoms with Crippen LogP contribution in [0.5, 0.6) is 0 Å². The molecule has 1 aliphatic heterocycles. The Bertz CT molecular complexity index is 723. The fourth-order valence-corrected chi connectivity index (χ4v) is 4.56. The van der Waals surface area contributed by atoms with E-state index in [2.05, 4.69) is 23.6 Å².